The minimum absolute atomic E-state index is 0.0945. The van der Waals surface area contributed by atoms with Gasteiger partial charge in [-0.05, 0) is 25.0 Å². The van der Waals surface area contributed by atoms with Crippen LogP contribution < -0.4 is 0 Å². The fourth-order valence-corrected chi connectivity index (χ4v) is 2.89. The molecule has 0 radical (unpaired) electrons. The Balaban J connectivity index is 1.86. The summed E-state index contributed by atoms with van der Waals surface area (Å²) in [4.78, 5) is 0.671. The predicted octanol–water partition coefficient (Wildman–Crippen LogP) is 2.57. The summed E-state index contributed by atoms with van der Waals surface area (Å²) in [6.07, 6.45) is 2.22. The number of aromatic hydroxyl groups is 1. The number of halogens is 1. The van der Waals surface area contributed by atoms with E-state index in [4.69, 9.17) is 0 Å². The predicted molar refractivity (Wildman–Crippen MR) is 67.7 cm³/mol. The van der Waals surface area contributed by atoms with Crippen LogP contribution in [0.5, 0.6) is 5.75 Å². The van der Waals surface area contributed by atoms with Crippen molar-refractivity contribution in [1.29, 1.82) is 0 Å². The topological polar surface area (TPSA) is 63.3 Å². The van der Waals surface area contributed by atoms with Gasteiger partial charge in [0.05, 0.1) is 0 Å². The summed E-state index contributed by atoms with van der Waals surface area (Å²) in [5.41, 5.74) is 0.370. The molecule has 0 aliphatic heterocycles. The SMILES string of the molecule is Oc1ccc(-c2nn3c(C4CC4)nnc3s2)c(F)c1. The van der Waals surface area contributed by atoms with Crippen molar-refractivity contribution >= 4 is 16.3 Å². The van der Waals surface area contributed by atoms with Crippen LogP contribution in [0.15, 0.2) is 18.2 Å². The van der Waals surface area contributed by atoms with Crippen LogP contribution in [0.1, 0.15) is 24.6 Å². The molecule has 1 saturated carbocycles. The van der Waals surface area contributed by atoms with Crippen molar-refractivity contribution in [3.05, 3.63) is 29.8 Å². The summed E-state index contributed by atoms with van der Waals surface area (Å²) in [6.45, 7) is 0. The molecule has 0 bridgehead atoms. The third-order valence-electron chi connectivity index (χ3n) is 3.14. The third kappa shape index (κ3) is 1.69. The van der Waals surface area contributed by atoms with E-state index in [9.17, 15) is 9.50 Å². The van der Waals surface area contributed by atoms with Gasteiger partial charge in [0, 0.05) is 17.5 Å². The molecule has 7 heteroatoms. The lowest BCUT2D eigenvalue weighted by Crippen LogP contribution is -1.93. The maximum absolute atomic E-state index is 13.8. The van der Waals surface area contributed by atoms with Gasteiger partial charge in [-0.2, -0.15) is 9.61 Å². The molecule has 1 fully saturated rings. The molecule has 1 aromatic carbocycles. The number of phenols is 1. The van der Waals surface area contributed by atoms with Crippen molar-refractivity contribution in [2.45, 2.75) is 18.8 Å². The van der Waals surface area contributed by atoms with E-state index in [1.165, 1.54) is 23.5 Å². The average molecular weight is 276 g/mol. The van der Waals surface area contributed by atoms with Gasteiger partial charge in [-0.15, -0.1) is 10.2 Å². The molecule has 1 aliphatic carbocycles. The van der Waals surface area contributed by atoms with Gasteiger partial charge in [0.1, 0.15) is 11.6 Å². The first-order valence-corrected chi connectivity index (χ1v) is 6.75. The van der Waals surface area contributed by atoms with Gasteiger partial charge in [-0.25, -0.2) is 4.39 Å². The lowest BCUT2D eigenvalue weighted by atomic mass is 10.2. The molecule has 96 valence electrons. The number of fused-ring (bicyclic) bond motifs is 1. The zero-order valence-corrected chi connectivity index (χ0v) is 10.6. The summed E-state index contributed by atoms with van der Waals surface area (Å²) in [7, 11) is 0. The zero-order chi connectivity index (χ0) is 13.0. The number of phenolic OH excluding ortho intramolecular Hbond substituents is 1. The van der Waals surface area contributed by atoms with Crippen molar-refractivity contribution in [3.8, 4) is 16.3 Å². The number of rotatable bonds is 2. The van der Waals surface area contributed by atoms with Crippen molar-refractivity contribution in [1.82, 2.24) is 19.8 Å². The van der Waals surface area contributed by atoms with Crippen molar-refractivity contribution in [3.63, 3.8) is 0 Å². The van der Waals surface area contributed by atoms with Gasteiger partial charge < -0.3 is 5.11 Å². The van der Waals surface area contributed by atoms with Gasteiger partial charge in [-0.3, -0.25) is 0 Å². The largest absolute Gasteiger partial charge is 0.508 e. The number of benzene rings is 1. The summed E-state index contributed by atoms with van der Waals surface area (Å²) in [6, 6.07) is 4.05. The molecule has 3 aromatic rings. The Morgan fingerprint density at radius 2 is 2.16 bits per heavy atom. The van der Waals surface area contributed by atoms with E-state index in [2.05, 4.69) is 15.3 Å². The fourth-order valence-electron chi connectivity index (χ4n) is 2.01. The number of hydrogen-bond acceptors (Lipinski definition) is 5. The molecular weight excluding hydrogens is 267 g/mol. The first kappa shape index (κ1) is 10.9. The Morgan fingerprint density at radius 1 is 1.32 bits per heavy atom. The average Bonchev–Trinajstić information content (AvgIpc) is 2.99. The summed E-state index contributed by atoms with van der Waals surface area (Å²) < 4.78 is 15.5. The van der Waals surface area contributed by atoms with Crippen LogP contribution in [0.25, 0.3) is 15.5 Å². The molecule has 4 rings (SSSR count). The van der Waals surface area contributed by atoms with Crippen LogP contribution in [0, 0.1) is 5.82 Å². The molecule has 0 amide bonds. The standard InChI is InChI=1S/C12H9FN4OS/c13-9-5-7(18)3-4-8(9)11-16-17-10(6-1-2-6)14-15-12(17)19-11/h3-6,18H,1-2H2. The highest BCUT2D eigenvalue weighted by atomic mass is 32.1. The second kappa shape index (κ2) is 3.74. The molecule has 1 N–H and O–H groups in total. The zero-order valence-electron chi connectivity index (χ0n) is 9.75. The van der Waals surface area contributed by atoms with Crippen LogP contribution in [0.3, 0.4) is 0 Å². The molecule has 1 aliphatic rings. The van der Waals surface area contributed by atoms with Crippen molar-refractivity contribution < 1.29 is 9.50 Å². The van der Waals surface area contributed by atoms with E-state index in [1.54, 1.807) is 4.52 Å². The van der Waals surface area contributed by atoms with E-state index >= 15 is 0 Å². The van der Waals surface area contributed by atoms with Crippen LogP contribution in [-0.2, 0) is 0 Å². The maximum atomic E-state index is 13.8. The maximum Gasteiger partial charge on any atom is 0.234 e. The second-order valence-corrected chi connectivity index (χ2v) is 5.55. The monoisotopic (exact) mass is 276 g/mol. The van der Waals surface area contributed by atoms with Crippen molar-refractivity contribution in [2.24, 2.45) is 0 Å². The number of hydrogen-bond donors (Lipinski definition) is 1. The molecule has 19 heavy (non-hydrogen) atoms. The molecule has 0 spiro atoms. The highest BCUT2D eigenvalue weighted by molar-refractivity contribution is 7.19. The minimum Gasteiger partial charge on any atom is -0.508 e. The molecule has 0 unspecified atom stereocenters. The Kier molecular flexibility index (Phi) is 2.14. The summed E-state index contributed by atoms with van der Waals surface area (Å²) >= 11 is 1.29. The highest BCUT2D eigenvalue weighted by Crippen LogP contribution is 2.40. The number of aromatic nitrogens is 4. The van der Waals surface area contributed by atoms with Gasteiger partial charge in [-0.1, -0.05) is 11.3 Å². The Morgan fingerprint density at radius 3 is 2.89 bits per heavy atom. The van der Waals surface area contributed by atoms with Crippen LogP contribution in [0.2, 0.25) is 0 Å². The molecule has 2 aromatic heterocycles. The highest BCUT2D eigenvalue weighted by Gasteiger charge is 2.30. The first-order chi connectivity index (χ1) is 9.22. The minimum atomic E-state index is -0.488. The van der Waals surface area contributed by atoms with E-state index in [1.807, 2.05) is 0 Å². The van der Waals surface area contributed by atoms with Crippen LogP contribution >= 0.6 is 11.3 Å². The fraction of sp³-hybridized carbons (Fsp3) is 0.250. The molecule has 0 atom stereocenters. The third-order valence-corrected chi connectivity index (χ3v) is 4.07. The van der Waals surface area contributed by atoms with E-state index < -0.39 is 5.82 Å². The molecule has 5 nitrogen and oxygen atoms in total. The molecular formula is C12H9FN4OS. The summed E-state index contributed by atoms with van der Waals surface area (Å²) in [5, 5.41) is 22.3. The van der Waals surface area contributed by atoms with Gasteiger partial charge in [0.15, 0.2) is 10.8 Å². The first-order valence-electron chi connectivity index (χ1n) is 5.93. The Bertz CT molecular complexity index is 777. The van der Waals surface area contributed by atoms with E-state index in [-0.39, 0.29) is 5.75 Å². The Labute approximate surface area is 111 Å². The van der Waals surface area contributed by atoms with Gasteiger partial charge >= 0.3 is 0 Å². The molecule has 0 saturated heterocycles. The van der Waals surface area contributed by atoms with Gasteiger partial charge in [0.2, 0.25) is 4.96 Å². The second-order valence-electron chi connectivity index (χ2n) is 4.60. The van der Waals surface area contributed by atoms with Crippen LogP contribution in [-0.4, -0.2) is 24.9 Å². The van der Waals surface area contributed by atoms with Gasteiger partial charge in [0.25, 0.3) is 0 Å². The van der Waals surface area contributed by atoms with E-state index in [0.717, 1.165) is 24.7 Å². The normalized spacial score (nSPS) is 15.2. The summed E-state index contributed by atoms with van der Waals surface area (Å²) in [5.74, 6) is 0.715. The van der Waals surface area contributed by atoms with E-state index in [0.29, 0.717) is 21.4 Å². The Hall–Kier alpha value is -2.02. The molecule has 2 heterocycles. The smallest absolute Gasteiger partial charge is 0.234 e. The number of nitrogens with zero attached hydrogens (tertiary/aromatic N) is 4. The van der Waals surface area contributed by atoms with Crippen LogP contribution in [0.4, 0.5) is 4.39 Å². The lowest BCUT2D eigenvalue weighted by molar-refractivity contribution is 0.469. The quantitative estimate of drug-likeness (QED) is 0.781. The van der Waals surface area contributed by atoms with Crippen molar-refractivity contribution in [2.75, 3.05) is 0 Å². The lowest BCUT2D eigenvalue weighted by Gasteiger charge is -1.98.